The van der Waals surface area contributed by atoms with E-state index in [-0.39, 0.29) is 29.3 Å². The minimum absolute atomic E-state index is 0.0684. The lowest BCUT2D eigenvalue weighted by Crippen LogP contribution is -2.09. The lowest BCUT2D eigenvalue weighted by Gasteiger charge is -2.12. The third kappa shape index (κ3) is 3.95. The van der Waals surface area contributed by atoms with E-state index in [1.807, 2.05) is 6.92 Å². The monoisotopic (exact) mass is 326 g/mol. The van der Waals surface area contributed by atoms with E-state index in [1.165, 1.54) is 12.1 Å². The molecule has 5 nitrogen and oxygen atoms in total. The highest BCUT2D eigenvalue weighted by Gasteiger charge is 2.34. The Balaban J connectivity index is 2.69. The van der Waals surface area contributed by atoms with Gasteiger partial charge in [0, 0.05) is 5.71 Å². The van der Waals surface area contributed by atoms with E-state index in [0.717, 1.165) is 18.9 Å². The summed E-state index contributed by atoms with van der Waals surface area (Å²) in [5.74, 6) is -0.330. The van der Waals surface area contributed by atoms with Crippen molar-refractivity contribution in [3.05, 3.63) is 23.8 Å². The van der Waals surface area contributed by atoms with Gasteiger partial charge < -0.3 is 10.8 Å². The number of nitrogens with zero attached hydrogens (tertiary/aromatic N) is 3. The van der Waals surface area contributed by atoms with Gasteiger partial charge in [-0.3, -0.25) is 0 Å². The molecule has 2 aromatic rings. The average molecular weight is 326 g/mol. The van der Waals surface area contributed by atoms with Crippen molar-refractivity contribution in [1.29, 1.82) is 0 Å². The summed E-state index contributed by atoms with van der Waals surface area (Å²) < 4.78 is 39.7. The van der Waals surface area contributed by atoms with E-state index in [0.29, 0.717) is 12.1 Å². The van der Waals surface area contributed by atoms with Crippen LogP contribution in [0.4, 0.5) is 24.9 Å². The Morgan fingerprint density at radius 3 is 2.65 bits per heavy atom. The molecule has 0 amide bonds. The molecule has 0 bridgehead atoms. The molecule has 124 valence electrons. The Labute approximate surface area is 131 Å². The normalized spacial score (nSPS) is 12.8. The smallest absolute Gasteiger partial charge is 0.390 e. The van der Waals surface area contributed by atoms with Gasteiger partial charge >= 0.3 is 6.18 Å². The van der Waals surface area contributed by atoms with Crippen molar-refractivity contribution in [2.24, 2.45) is 4.99 Å². The van der Waals surface area contributed by atoms with E-state index < -0.39 is 11.7 Å². The third-order valence-corrected chi connectivity index (χ3v) is 3.29. The number of aliphatic imine (C=N–C) groups is 1. The molecule has 0 aliphatic heterocycles. The maximum Gasteiger partial charge on any atom is 0.417 e. The first-order valence-corrected chi connectivity index (χ1v) is 7.17. The number of aliphatic hydroxyl groups is 1. The minimum atomic E-state index is -4.56. The second-order valence-corrected chi connectivity index (χ2v) is 5.04. The van der Waals surface area contributed by atoms with Crippen LogP contribution in [-0.2, 0) is 6.18 Å². The molecule has 0 unspecified atom stereocenters. The van der Waals surface area contributed by atoms with E-state index in [9.17, 15) is 18.3 Å². The molecule has 0 atom stereocenters. The van der Waals surface area contributed by atoms with Crippen molar-refractivity contribution in [3.63, 3.8) is 0 Å². The molecular weight excluding hydrogens is 309 g/mol. The van der Waals surface area contributed by atoms with Crippen LogP contribution in [0, 0.1) is 0 Å². The van der Waals surface area contributed by atoms with Crippen LogP contribution in [-0.4, -0.2) is 27.4 Å². The second-order valence-electron chi connectivity index (χ2n) is 5.04. The van der Waals surface area contributed by atoms with Crippen molar-refractivity contribution in [3.8, 4) is 0 Å². The van der Waals surface area contributed by atoms with Crippen molar-refractivity contribution in [2.75, 3.05) is 12.3 Å². The third-order valence-electron chi connectivity index (χ3n) is 3.29. The lowest BCUT2D eigenvalue weighted by molar-refractivity contribution is -0.136. The van der Waals surface area contributed by atoms with E-state index in [2.05, 4.69) is 15.0 Å². The zero-order valence-electron chi connectivity index (χ0n) is 12.6. The van der Waals surface area contributed by atoms with Gasteiger partial charge in [-0.1, -0.05) is 19.4 Å². The summed E-state index contributed by atoms with van der Waals surface area (Å²) in [6.45, 7) is 1.62. The summed E-state index contributed by atoms with van der Waals surface area (Å²) in [7, 11) is 0. The fourth-order valence-corrected chi connectivity index (χ4v) is 2.20. The molecule has 1 heterocycles. The minimum Gasteiger partial charge on any atom is -0.390 e. The van der Waals surface area contributed by atoms with E-state index >= 15 is 0 Å². The average Bonchev–Trinajstić information content (AvgIpc) is 2.49. The predicted molar refractivity (Wildman–Crippen MR) is 82.7 cm³/mol. The van der Waals surface area contributed by atoms with Crippen molar-refractivity contribution >= 4 is 28.4 Å². The molecule has 0 fully saturated rings. The number of rotatable bonds is 5. The first kappa shape index (κ1) is 17.1. The second kappa shape index (κ2) is 6.91. The quantitative estimate of drug-likeness (QED) is 0.824. The maximum absolute atomic E-state index is 13.2. The lowest BCUT2D eigenvalue weighted by atomic mass is 10.1. The highest BCUT2D eigenvalue weighted by Crippen LogP contribution is 2.38. The van der Waals surface area contributed by atoms with Gasteiger partial charge in [-0.05, 0) is 25.0 Å². The van der Waals surface area contributed by atoms with Gasteiger partial charge in [-0.25, -0.2) is 9.98 Å². The summed E-state index contributed by atoms with van der Waals surface area (Å²) in [5, 5.41) is 9.15. The number of anilines is 1. The number of alkyl halides is 3. The SMILES string of the molecule is CCCC/C(CO)=N\c1nc(N)nc2cccc(C(F)(F)F)c12. The molecular formula is C15H17F3N4O. The Kier molecular flexibility index (Phi) is 5.15. The summed E-state index contributed by atoms with van der Waals surface area (Å²) in [4.78, 5) is 11.8. The molecule has 0 saturated heterocycles. The molecule has 0 spiro atoms. The highest BCUT2D eigenvalue weighted by atomic mass is 19.4. The van der Waals surface area contributed by atoms with Crippen LogP contribution in [0.1, 0.15) is 31.7 Å². The number of halogens is 3. The zero-order valence-corrected chi connectivity index (χ0v) is 12.6. The number of aliphatic hydroxyl groups excluding tert-OH is 1. The van der Waals surface area contributed by atoms with Crippen LogP contribution in [0.5, 0.6) is 0 Å². The van der Waals surface area contributed by atoms with Gasteiger partial charge in [0.2, 0.25) is 5.95 Å². The summed E-state index contributed by atoms with van der Waals surface area (Å²) in [6.07, 6.45) is -2.44. The first-order valence-electron chi connectivity index (χ1n) is 7.17. The Morgan fingerprint density at radius 1 is 1.30 bits per heavy atom. The van der Waals surface area contributed by atoms with Gasteiger partial charge in [0.25, 0.3) is 0 Å². The van der Waals surface area contributed by atoms with Gasteiger partial charge in [0.1, 0.15) is 0 Å². The van der Waals surface area contributed by atoms with Crippen molar-refractivity contribution < 1.29 is 18.3 Å². The summed E-state index contributed by atoms with van der Waals surface area (Å²) in [6, 6.07) is 3.63. The van der Waals surface area contributed by atoms with Gasteiger partial charge in [0.05, 0.1) is 23.1 Å². The van der Waals surface area contributed by atoms with Crippen LogP contribution >= 0.6 is 0 Å². The topological polar surface area (TPSA) is 84.4 Å². The van der Waals surface area contributed by atoms with E-state index in [1.54, 1.807) is 0 Å². The Hall–Kier alpha value is -2.22. The number of nitrogens with two attached hydrogens (primary N) is 1. The molecule has 23 heavy (non-hydrogen) atoms. The summed E-state index contributed by atoms with van der Waals surface area (Å²) in [5.41, 5.74) is 5.12. The number of hydrogen-bond donors (Lipinski definition) is 2. The summed E-state index contributed by atoms with van der Waals surface area (Å²) >= 11 is 0. The maximum atomic E-state index is 13.2. The van der Waals surface area contributed by atoms with Crippen LogP contribution in [0.2, 0.25) is 0 Å². The zero-order chi connectivity index (χ0) is 17.0. The van der Waals surface area contributed by atoms with Gasteiger partial charge in [-0.15, -0.1) is 0 Å². The molecule has 8 heteroatoms. The van der Waals surface area contributed by atoms with Crippen molar-refractivity contribution in [1.82, 2.24) is 9.97 Å². The number of fused-ring (bicyclic) bond motifs is 1. The Bertz CT molecular complexity index is 728. The molecule has 0 aliphatic rings. The number of unbranched alkanes of at least 4 members (excludes halogenated alkanes) is 1. The highest BCUT2D eigenvalue weighted by molar-refractivity contribution is 5.96. The first-order chi connectivity index (χ1) is 10.9. The Morgan fingerprint density at radius 2 is 2.04 bits per heavy atom. The van der Waals surface area contributed by atoms with Crippen LogP contribution in [0.25, 0.3) is 10.9 Å². The largest absolute Gasteiger partial charge is 0.417 e. The van der Waals surface area contributed by atoms with Crippen molar-refractivity contribution in [2.45, 2.75) is 32.4 Å². The van der Waals surface area contributed by atoms with Gasteiger partial charge in [-0.2, -0.15) is 18.2 Å². The number of nitrogen functional groups attached to an aromatic ring is 1. The predicted octanol–water partition coefficient (Wildman–Crippen LogP) is 3.49. The van der Waals surface area contributed by atoms with Crippen LogP contribution < -0.4 is 5.73 Å². The standard InChI is InChI=1S/C15H17F3N4O/c1-2-3-5-9(8-23)20-13-12-10(15(16,17)18)6-4-7-11(12)21-14(19)22-13/h4,6-7,23H,2-3,5,8H2,1H3,(H2,19,21,22)/b20-9+. The molecule has 3 N–H and O–H groups in total. The molecule has 1 aromatic carbocycles. The number of benzene rings is 1. The fraction of sp³-hybridized carbons (Fsp3) is 0.400. The molecule has 2 rings (SSSR count). The molecule has 0 saturated carbocycles. The molecule has 1 aromatic heterocycles. The van der Waals surface area contributed by atoms with Crippen LogP contribution in [0.3, 0.4) is 0 Å². The molecule has 0 radical (unpaired) electrons. The molecule has 0 aliphatic carbocycles. The number of hydrogen-bond acceptors (Lipinski definition) is 5. The fourth-order valence-electron chi connectivity index (χ4n) is 2.20. The van der Waals surface area contributed by atoms with E-state index in [4.69, 9.17) is 5.73 Å². The van der Waals surface area contributed by atoms with Crippen LogP contribution in [0.15, 0.2) is 23.2 Å². The van der Waals surface area contributed by atoms with Gasteiger partial charge in [0.15, 0.2) is 5.82 Å². The number of aromatic nitrogens is 2.